The van der Waals surface area contributed by atoms with E-state index >= 15 is 0 Å². The minimum absolute atomic E-state index is 0.317. The van der Waals surface area contributed by atoms with Crippen molar-refractivity contribution in [1.82, 2.24) is 0 Å². The highest BCUT2D eigenvalue weighted by Crippen LogP contribution is 2.30. The molecule has 0 bridgehead atoms. The quantitative estimate of drug-likeness (QED) is 0.651. The first-order chi connectivity index (χ1) is 8.19. The van der Waals surface area contributed by atoms with Crippen molar-refractivity contribution in [3.63, 3.8) is 0 Å². The smallest absolute Gasteiger partial charge is 0.512 e. The van der Waals surface area contributed by atoms with Crippen LogP contribution < -0.4 is 9.97 Å². The van der Waals surface area contributed by atoms with Gasteiger partial charge in [0.15, 0.2) is 0 Å². The van der Waals surface area contributed by atoms with Crippen molar-refractivity contribution in [2.45, 2.75) is 12.8 Å². The minimum atomic E-state index is -1.85. The molecule has 0 radical (unpaired) electrons. The average molecular weight is 232 g/mol. The van der Waals surface area contributed by atoms with Crippen molar-refractivity contribution >= 4 is 13.0 Å². The number of hydrogen-bond donors (Lipinski definition) is 3. The average Bonchev–Trinajstić information content (AvgIpc) is 3.09. The third-order valence-corrected chi connectivity index (χ3v) is 2.63. The lowest BCUT2D eigenvalue weighted by Crippen LogP contribution is -2.20. The van der Waals surface area contributed by atoms with Crippen molar-refractivity contribution in [2.75, 3.05) is 11.9 Å². The van der Waals surface area contributed by atoms with Gasteiger partial charge < -0.3 is 20.0 Å². The monoisotopic (exact) mass is 232 g/mol. The Hall–Kier alpha value is -1.71. The Kier molecular flexibility index (Phi) is 3.52. The van der Waals surface area contributed by atoms with Crippen molar-refractivity contribution in [3.05, 3.63) is 23.8 Å². The lowest BCUT2D eigenvalue weighted by molar-refractivity contribution is 0.288. The highest BCUT2D eigenvalue weighted by Gasteiger charge is 2.21. The summed E-state index contributed by atoms with van der Waals surface area (Å²) in [5, 5.41) is 29.5. The molecule has 0 unspecified atom stereocenters. The number of anilines is 1. The van der Waals surface area contributed by atoms with Crippen LogP contribution in [-0.2, 0) is 0 Å². The number of nitrogens with zero attached hydrogens (tertiary/aromatic N) is 1. The molecule has 6 heteroatoms. The second-order valence-electron chi connectivity index (χ2n) is 4.09. The largest absolute Gasteiger partial charge is 0.707 e. The third kappa shape index (κ3) is 3.38. The van der Waals surface area contributed by atoms with Gasteiger partial charge >= 0.3 is 7.32 Å². The highest BCUT2D eigenvalue weighted by molar-refractivity contribution is 6.33. The van der Waals surface area contributed by atoms with E-state index in [2.05, 4.69) is 11.4 Å². The van der Waals surface area contributed by atoms with Gasteiger partial charge in [0.1, 0.15) is 11.8 Å². The summed E-state index contributed by atoms with van der Waals surface area (Å²) in [7, 11) is -1.85. The molecule has 2 rings (SSSR count). The maximum atomic E-state index is 8.94. The molecular weight excluding hydrogens is 219 g/mol. The van der Waals surface area contributed by atoms with Gasteiger partial charge in [-0.15, -0.1) is 0 Å². The summed E-state index contributed by atoms with van der Waals surface area (Å²) in [5.74, 6) is 1.01. The van der Waals surface area contributed by atoms with Crippen LogP contribution in [0.15, 0.2) is 18.2 Å². The fourth-order valence-corrected chi connectivity index (χ4v) is 1.54. The van der Waals surface area contributed by atoms with E-state index in [1.54, 1.807) is 12.1 Å². The highest BCUT2D eigenvalue weighted by atomic mass is 16.6. The molecule has 0 spiro atoms. The Labute approximate surface area is 99.8 Å². The summed E-state index contributed by atoms with van der Waals surface area (Å²) >= 11 is 0. The minimum Gasteiger partial charge on any atom is -0.512 e. The molecule has 1 saturated carbocycles. The second kappa shape index (κ2) is 5.08. The molecule has 17 heavy (non-hydrogen) atoms. The van der Waals surface area contributed by atoms with E-state index < -0.39 is 7.32 Å². The number of benzene rings is 1. The number of nitrogens with one attached hydrogen (secondary N) is 1. The van der Waals surface area contributed by atoms with Gasteiger partial charge in [-0.3, -0.25) is 0 Å². The first-order valence-electron chi connectivity index (χ1n) is 5.50. The van der Waals surface area contributed by atoms with Gasteiger partial charge in [0.2, 0.25) is 0 Å². The van der Waals surface area contributed by atoms with Crippen molar-refractivity contribution in [3.8, 4) is 11.8 Å². The van der Waals surface area contributed by atoms with E-state index in [1.807, 2.05) is 0 Å². The standard InChI is InChI=1S/C11H13BN2O3/c13-6-9-3-4-10(17-12(15)16)5-11(9)14-7-8-1-2-8/h3-5,8,14-16H,1-2,7H2. The maximum Gasteiger partial charge on any atom is 0.707 e. The molecule has 1 aromatic rings. The van der Waals surface area contributed by atoms with Gasteiger partial charge in [-0.25, -0.2) is 0 Å². The first-order valence-corrected chi connectivity index (χ1v) is 5.50. The second-order valence-corrected chi connectivity index (χ2v) is 4.09. The predicted molar refractivity (Wildman–Crippen MR) is 63.2 cm³/mol. The van der Waals surface area contributed by atoms with Crippen molar-refractivity contribution in [2.24, 2.45) is 5.92 Å². The van der Waals surface area contributed by atoms with Crippen LogP contribution >= 0.6 is 0 Å². The summed E-state index contributed by atoms with van der Waals surface area (Å²) in [4.78, 5) is 0. The van der Waals surface area contributed by atoms with Crippen LogP contribution in [0.3, 0.4) is 0 Å². The Morgan fingerprint density at radius 2 is 2.24 bits per heavy atom. The van der Waals surface area contributed by atoms with E-state index in [1.165, 1.54) is 18.9 Å². The zero-order valence-corrected chi connectivity index (χ0v) is 9.26. The molecule has 0 heterocycles. The van der Waals surface area contributed by atoms with E-state index in [9.17, 15) is 0 Å². The number of nitriles is 1. The molecule has 0 saturated heterocycles. The van der Waals surface area contributed by atoms with Crippen LogP contribution in [0.1, 0.15) is 18.4 Å². The lowest BCUT2D eigenvalue weighted by atomic mass is 10.1. The van der Waals surface area contributed by atoms with E-state index in [4.69, 9.17) is 20.0 Å². The Morgan fingerprint density at radius 1 is 1.47 bits per heavy atom. The fourth-order valence-electron chi connectivity index (χ4n) is 1.54. The molecule has 1 aliphatic rings. The lowest BCUT2D eigenvalue weighted by Gasteiger charge is -2.10. The van der Waals surface area contributed by atoms with Crippen LogP contribution in [0.25, 0.3) is 0 Å². The van der Waals surface area contributed by atoms with Crippen molar-refractivity contribution < 1.29 is 14.7 Å². The molecule has 1 aliphatic carbocycles. The SMILES string of the molecule is N#Cc1ccc(OB(O)O)cc1NCC1CC1. The molecule has 5 nitrogen and oxygen atoms in total. The van der Waals surface area contributed by atoms with E-state index in [0.717, 1.165) is 6.54 Å². The maximum absolute atomic E-state index is 8.94. The van der Waals surface area contributed by atoms with Crippen molar-refractivity contribution in [1.29, 1.82) is 5.26 Å². The molecule has 1 fully saturated rings. The van der Waals surface area contributed by atoms with Gasteiger partial charge in [-0.05, 0) is 30.9 Å². The van der Waals surface area contributed by atoms with Crippen LogP contribution in [0.5, 0.6) is 5.75 Å². The van der Waals surface area contributed by atoms with Crippen LogP contribution in [0.4, 0.5) is 5.69 Å². The summed E-state index contributed by atoms with van der Waals surface area (Å²) in [6, 6.07) is 6.79. The summed E-state index contributed by atoms with van der Waals surface area (Å²) in [5.41, 5.74) is 1.18. The zero-order chi connectivity index (χ0) is 12.3. The topological polar surface area (TPSA) is 85.5 Å². The molecule has 88 valence electrons. The van der Waals surface area contributed by atoms with Gasteiger partial charge in [-0.2, -0.15) is 5.26 Å². The van der Waals surface area contributed by atoms with Crippen LogP contribution in [0, 0.1) is 17.2 Å². The Balaban J connectivity index is 2.10. The number of rotatable bonds is 5. The molecule has 1 aromatic carbocycles. The zero-order valence-electron chi connectivity index (χ0n) is 9.26. The van der Waals surface area contributed by atoms with Gasteiger partial charge in [-0.1, -0.05) is 0 Å². The Morgan fingerprint density at radius 3 is 2.82 bits per heavy atom. The van der Waals surface area contributed by atoms with Gasteiger partial charge in [0, 0.05) is 12.6 Å². The van der Waals surface area contributed by atoms with Crippen LogP contribution in [-0.4, -0.2) is 23.9 Å². The summed E-state index contributed by atoms with van der Waals surface area (Å²) < 4.78 is 4.74. The predicted octanol–water partition coefficient (Wildman–Crippen LogP) is 0.728. The normalized spacial score (nSPS) is 13.9. The molecular formula is C11H13BN2O3. The van der Waals surface area contributed by atoms with E-state index in [0.29, 0.717) is 22.9 Å². The first kappa shape index (κ1) is 11.8. The number of hydrogen-bond acceptors (Lipinski definition) is 5. The van der Waals surface area contributed by atoms with E-state index in [-0.39, 0.29) is 0 Å². The molecule has 0 aliphatic heterocycles. The molecule has 3 N–H and O–H groups in total. The Bertz CT molecular complexity index is 441. The van der Waals surface area contributed by atoms with Crippen LogP contribution in [0.2, 0.25) is 0 Å². The molecule has 0 aromatic heterocycles. The van der Waals surface area contributed by atoms with Gasteiger partial charge in [0.25, 0.3) is 0 Å². The summed E-state index contributed by atoms with van der Waals surface area (Å²) in [6.45, 7) is 0.833. The third-order valence-electron chi connectivity index (χ3n) is 2.63. The fraction of sp³-hybridized carbons (Fsp3) is 0.364. The molecule has 0 amide bonds. The van der Waals surface area contributed by atoms with Gasteiger partial charge in [0.05, 0.1) is 11.3 Å². The summed E-state index contributed by atoms with van der Waals surface area (Å²) in [6.07, 6.45) is 2.45. The molecule has 0 atom stereocenters.